The molecule has 21 heavy (non-hydrogen) atoms. The third-order valence-electron chi connectivity index (χ3n) is 3.57. The van der Waals surface area contributed by atoms with E-state index in [1.807, 2.05) is 54.1 Å². The van der Waals surface area contributed by atoms with E-state index in [1.165, 1.54) is 0 Å². The van der Waals surface area contributed by atoms with Crippen molar-refractivity contribution in [1.29, 1.82) is 0 Å². The van der Waals surface area contributed by atoms with Gasteiger partial charge in [-0.1, -0.05) is 12.1 Å². The third-order valence-corrected chi connectivity index (χ3v) is 3.57. The molecule has 0 atom stereocenters. The second kappa shape index (κ2) is 4.28. The zero-order chi connectivity index (χ0) is 14.4. The quantitative estimate of drug-likeness (QED) is 0.580. The Labute approximate surface area is 121 Å². The summed E-state index contributed by atoms with van der Waals surface area (Å²) in [6, 6.07) is 11.9. The highest BCUT2D eigenvalue weighted by molar-refractivity contribution is 5.92. The van der Waals surface area contributed by atoms with Gasteiger partial charge in [0, 0.05) is 28.9 Å². The lowest BCUT2D eigenvalue weighted by molar-refractivity contribution is 1.08. The van der Waals surface area contributed by atoms with Gasteiger partial charge in [0.25, 0.3) is 0 Å². The van der Waals surface area contributed by atoms with Crippen molar-refractivity contribution in [2.24, 2.45) is 0 Å². The van der Waals surface area contributed by atoms with Crippen LogP contribution in [0.1, 0.15) is 5.69 Å². The molecule has 0 unspecified atom stereocenters. The molecule has 0 amide bonds. The van der Waals surface area contributed by atoms with Gasteiger partial charge in [0.15, 0.2) is 5.65 Å². The summed E-state index contributed by atoms with van der Waals surface area (Å²) in [5, 5.41) is 2.13. The molecular weight excluding hydrogens is 262 g/mol. The van der Waals surface area contributed by atoms with Gasteiger partial charge in [0.1, 0.15) is 5.52 Å². The Morgan fingerprint density at radius 1 is 1.05 bits per heavy atom. The van der Waals surface area contributed by atoms with Gasteiger partial charge < -0.3 is 5.73 Å². The highest BCUT2D eigenvalue weighted by atomic mass is 15.2. The standard InChI is InChI=1S/C16H13N5/c1-10-5-6-13-15(19-10)21(16(17)20-13)14-4-2-3-11-9-18-8-7-12(11)14/h2-9H,1H3,(H2,17,20). The molecule has 0 aliphatic rings. The van der Waals surface area contributed by atoms with Crippen molar-refractivity contribution in [3.05, 3.63) is 54.5 Å². The molecule has 0 fully saturated rings. The molecule has 5 heteroatoms. The maximum atomic E-state index is 6.12. The molecule has 1 aromatic carbocycles. The molecule has 0 saturated carbocycles. The Balaban J connectivity index is 2.14. The van der Waals surface area contributed by atoms with Gasteiger partial charge >= 0.3 is 0 Å². The first-order valence-corrected chi connectivity index (χ1v) is 6.69. The van der Waals surface area contributed by atoms with E-state index in [-0.39, 0.29) is 0 Å². The number of rotatable bonds is 1. The van der Waals surface area contributed by atoms with Crippen LogP contribution < -0.4 is 5.73 Å². The maximum Gasteiger partial charge on any atom is 0.207 e. The van der Waals surface area contributed by atoms with E-state index in [0.29, 0.717) is 5.95 Å². The van der Waals surface area contributed by atoms with Gasteiger partial charge in [-0.3, -0.25) is 9.55 Å². The number of fused-ring (bicyclic) bond motifs is 2. The number of hydrogen-bond acceptors (Lipinski definition) is 4. The lowest BCUT2D eigenvalue weighted by Crippen LogP contribution is -2.02. The zero-order valence-corrected chi connectivity index (χ0v) is 11.5. The number of aromatic nitrogens is 4. The van der Waals surface area contributed by atoms with Crippen molar-refractivity contribution in [2.45, 2.75) is 6.92 Å². The Morgan fingerprint density at radius 2 is 1.95 bits per heavy atom. The largest absolute Gasteiger partial charge is 0.369 e. The smallest absolute Gasteiger partial charge is 0.207 e. The first-order chi connectivity index (χ1) is 10.2. The summed E-state index contributed by atoms with van der Waals surface area (Å²) in [5.74, 6) is 0.437. The van der Waals surface area contributed by atoms with E-state index < -0.39 is 0 Å². The summed E-state index contributed by atoms with van der Waals surface area (Å²) in [6.45, 7) is 1.96. The highest BCUT2D eigenvalue weighted by Crippen LogP contribution is 2.27. The first-order valence-electron chi connectivity index (χ1n) is 6.69. The predicted octanol–water partition coefficient (Wildman–Crippen LogP) is 2.86. The molecule has 4 aromatic rings. The van der Waals surface area contributed by atoms with Crippen LogP contribution >= 0.6 is 0 Å². The summed E-state index contributed by atoms with van der Waals surface area (Å²) >= 11 is 0. The second-order valence-corrected chi connectivity index (χ2v) is 4.97. The zero-order valence-electron chi connectivity index (χ0n) is 11.5. The topological polar surface area (TPSA) is 69.6 Å². The van der Waals surface area contributed by atoms with Gasteiger partial charge in [-0.15, -0.1) is 0 Å². The van der Waals surface area contributed by atoms with Crippen LogP contribution in [0.25, 0.3) is 27.6 Å². The van der Waals surface area contributed by atoms with Crippen molar-refractivity contribution in [3.8, 4) is 5.69 Å². The van der Waals surface area contributed by atoms with E-state index in [4.69, 9.17) is 5.73 Å². The summed E-state index contributed by atoms with van der Waals surface area (Å²) in [6.07, 6.45) is 3.62. The number of nitrogen functional groups attached to an aromatic ring is 1. The average molecular weight is 275 g/mol. The molecule has 102 valence electrons. The molecule has 0 saturated heterocycles. The number of pyridine rings is 2. The van der Waals surface area contributed by atoms with Crippen LogP contribution in [0.4, 0.5) is 5.95 Å². The fourth-order valence-corrected chi connectivity index (χ4v) is 2.61. The molecule has 0 aliphatic carbocycles. The van der Waals surface area contributed by atoms with Crippen LogP contribution in [0.3, 0.4) is 0 Å². The number of benzene rings is 1. The lowest BCUT2D eigenvalue weighted by atomic mass is 10.1. The second-order valence-electron chi connectivity index (χ2n) is 4.97. The van der Waals surface area contributed by atoms with Gasteiger partial charge in [0.2, 0.25) is 5.95 Å². The Bertz CT molecular complexity index is 966. The van der Waals surface area contributed by atoms with E-state index in [0.717, 1.165) is 33.3 Å². The highest BCUT2D eigenvalue weighted by Gasteiger charge is 2.13. The minimum absolute atomic E-state index is 0.437. The number of imidazole rings is 1. The van der Waals surface area contributed by atoms with Crippen LogP contribution in [-0.2, 0) is 0 Å². The number of nitrogens with zero attached hydrogens (tertiary/aromatic N) is 4. The molecule has 3 aromatic heterocycles. The third kappa shape index (κ3) is 1.74. The molecule has 5 nitrogen and oxygen atoms in total. The number of anilines is 1. The van der Waals surface area contributed by atoms with E-state index in [1.54, 1.807) is 6.20 Å². The summed E-state index contributed by atoms with van der Waals surface area (Å²) in [5.41, 5.74) is 9.59. The van der Waals surface area contributed by atoms with Crippen molar-refractivity contribution in [2.75, 3.05) is 5.73 Å². The van der Waals surface area contributed by atoms with Crippen LogP contribution in [0.15, 0.2) is 48.8 Å². The van der Waals surface area contributed by atoms with Crippen LogP contribution in [0.5, 0.6) is 0 Å². The fraction of sp³-hybridized carbons (Fsp3) is 0.0625. The van der Waals surface area contributed by atoms with Crippen molar-refractivity contribution in [3.63, 3.8) is 0 Å². The lowest BCUT2D eigenvalue weighted by Gasteiger charge is -2.09. The van der Waals surface area contributed by atoms with E-state index in [2.05, 4.69) is 15.0 Å². The molecule has 2 N–H and O–H groups in total. The van der Waals surface area contributed by atoms with Crippen molar-refractivity contribution < 1.29 is 0 Å². The Hall–Kier alpha value is -2.95. The minimum Gasteiger partial charge on any atom is -0.369 e. The minimum atomic E-state index is 0.437. The molecule has 4 rings (SSSR count). The van der Waals surface area contributed by atoms with Crippen molar-refractivity contribution in [1.82, 2.24) is 19.5 Å². The molecule has 0 spiro atoms. The molecule has 3 heterocycles. The molecular formula is C16H13N5. The monoisotopic (exact) mass is 275 g/mol. The molecule has 0 bridgehead atoms. The van der Waals surface area contributed by atoms with E-state index >= 15 is 0 Å². The Morgan fingerprint density at radius 3 is 2.86 bits per heavy atom. The summed E-state index contributed by atoms with van der Waals surface area (Å²) in [4.78, 5) is 13.1. The Kier molecular flexibility index (Phi) is 2.41. The number of aryl methyl sites for hydroxylation is 1. The van der Waals surface area contributed by atoms with Crippen LogP contribution in [0, 0.1) is 6.92 Å². The van der Waals surface area contributed by atoms with Gasteiger partial charge in [0.05, 0.1) is 5.69 Å². The van der Waals surface area contributed by atoms with Crippen LogP contribution in [0.2, 0.25) is 0 Å². The normalized spacial score (nSPS) is 11.3. The van der Waals surface area contributed by atoms with Gasteiger partial charge in [-0.05, 0) is 31.2 Å². The number of nitrogens with two attached hydrogens (primary N) is 1. The van der Waals surface area contributed by atoms with Crippen LogP contribution in [-0.4, -0.2) is 19.5 Å². The first kappa shape index (κ1) is 11.8. The van der Waals surface area contributed by atoms with Gasteiger partial charge in [-0.2, -0.15) is 0 Å². The summed E-state index contributed by atoms with van der Waals surface area (Å²) in [7, 11) is 0. The average Bonchev–Trinajstić information content (AvgIpc) is 2.82. The fourth-order valence-electron chi connectivity index (χ4n) is 2.61. The van der Waals surface area contributed by atoms with Crippen molar-refractivity contribution >= 4 is 27.9 Å². The van der Waals surface area contributed by atoms with E-state index in [9.17, 15) is 0 Å². The molecule has 0 radical (unpaired) electrons. The number of hydrogen-bond donors (Lipinski definition) is 1. The SMILES string of the molecule is Cc1ccc2nc(N)n(-c3cccc4cnccc34)c2n1. The summed E-state index contributed by atoms with van der Waals surface area (Å²) < 4.78 is 1.89. The van der Waals surface area contributed by atoms with Gasteiger partial charge in [-0.25, -0.2) is 9.97 Å². The maximum absolute atomic E-state index is 6.12. The predicted molar refractivity (Wildman–Crippen MR) is 83.3 cm³/mol. The molecule has 0 aliphatic heterocycles.